The van der Waals surface area contributed by atoms with Crippen LogP contribution < -0.4 is 16.4 Å². The Kier molecular flexibility index (Phi) is 4.96. The van der Waals surface area contributed by atoms with Crippen LogP contribution in [0.15, 0.2) is 24.3 Å². The molecule has 5 heteroatoms. The van der Waals surface area contributed by atoms with Crippen LogP contribution in [0.3, 0.4) is 0 Å². The largest absolute Gasteiger partial charge is 0.327 e. The number of carbonyl (C=O) groups excluding carboxylic acids is 2. The molecule has 2 saturated carbocycles. The van der Waals surface area contributed by atoms with E-state index in [9.17, 15) is 9.59 Å². The maximum atomic E-state index is 12.2. The summed E-state index contributed by atoms with van der Waals surface area (Å²) in [4.78, 5) is 24.0. The van der Waals surface area contributed by atoms with Crippen LogP contribution in [-0.4, -0.2) is 17.9 Å². The van der Waals surface area contributed by atoms with Gasteiger partial charge in [-0.25, -0.2) is 0 Å². The van der Waals surface area contributed by atoms with Crippen molar-refractivity contribution < 1.29 is 9.59 Å². The van der Waals surface area contributed by atoms with Gasteiger partial charge in [-0.05, 0) is 49.8 Å². The summed E-state index contributed by atoms with van der Waals surface area (Å²) in [5.41, 5.74) is 7.55. The second kappa shape index (κ2) is 7.13. The summed E-state index contributed by atoms with van der Waals surface area (Å²) in [7, 11) is 0. The number of hydrogen-bond acceptors (Lipinski definition) is 3. The summed E-state index contributed by atoms with van der Waals surface area (Å²) < 4.78 is 0. The predicted molar refractivity (Wildman–Crippen MR) is 91.0 cm³/mol. The van der Waals surface area contributed by atoms with Gasteiger partial charge in [-0.15, -0.1) is 0 Å². The maximum absolute atomic E-state index is 12.2. The normalized spacial score (nSPS) is 24.0. The molecule has 0 spiro atoms. The molecule has 2 unspecified atom stereocenters. The fourth-order valence-corrected chi connectivity index (χ4v) is 3.20. The molecule has 2 fully saturated rings. The molecule has 2 aliphatic rings. The van der Waals surface area contributed by atoms with Gasteiger partial charge in [-0.1, -0.05) is 18.9 Å². The van der Waals surface area contributed by atoms with Crippen LogP contribution in [0.1, 0.15) is 44.9 Å². The van der Waals surface area contributed by atoms with E-state index in [4.69, 9.17) is 5.73 Å². The molecule has 124 valence electrons. The Morgan fingerprint density at radius 3 is 2.43 bits per heavy atom. The third kappa shape index (κ3) is 4.55. The van der Waals surface area contributed by atoms with Crippen LogP contribution >= 0.6 is 0 Å². The highest BCUT2D eigenvalue weighted by Gasteiger charge is 2.29. The highest BCUT2D eigenvalue weighted by atomic mass is 16.2. The van der Waals surface area contributed by atoms with Crippen LogP contribution in [0.5, 0.6) is 0 Å². The second-order valence-corrected chi connectivity index (χ2v) is 6.81. The summed E-state index contributed by atoms with van der Waals surface area (Å²) in [6.45, 7) is 0. The Morgan fingerprint density at radius 1 is 1.04 bits per heavy atom. The molecule has 0 heterocycles. The summed E-state index contributed by atoms with van der Waals surface area (Å²) >= 11 is 0. The first kappa shape index (κ1) is 16.0. The van der Waals surface area contributed by atoms with E-state index in [1.807, 2.05) is 18.2 Å². The number of anilines is 2. The van der Waals surface area contributed by atoms with Crippen molar-refractivity contribution in [3.05, 3.63) is 24.3 Å². The predicted octanol–water partition coefficient (Wildman–Crippen LogP) is 2.88. The van der Waals surface area contributed by atoms with E-state index >= 15 is 0 Å². The molecule has 3 rings (SSSR count). The fraction of sp³-hybridized carbons (Fsp3) is 0.556. The summed E-state index contributed by atoms with van der Waals surface area (Å²) in [5, 5.41) is 5.82. The van der Waals surface area contributed by atoms with Gasteiger partial charge in [0.2, 0.25) is 11.8 Å². The number of hydrogen-bond donors (Lipinski definition) is 3. The first-order valence-electron chi connectivity index (χ1n) is 8.58. The fourth-order valence-electron chi connectivity index (χ4n) is 3.20. The average molecular weight is 315 g/mol. The Labute approximate surface area is 137 Å². The van der Waals surface area contributed by atoms with E-state index < -0.39 is 0 Å². The first-order valence-corrected chi connectivity index (χ1v) is 8.58. The Hall–Kier alpha value is -1.88. The van der Waals surface area contributed by atoms with Crippen molar-refractivity contribution >= 4 is 23.2 Å². The molecular formula is C18H25N3O2. The van der Waals surface area contributed by atoms with Gasteiger partial charge in [0.1, 0.15) is 0 Å². The van der Waals surface area contributed by atoms with Crippen molar-refractivity contribution in [2.24, 2.45) is 17.6 Å². The standard InChI is InChI=1S/C18H25N3O2/c19-16-7-2-1-4-13(16)10-17(22)20-14-5-3-6-15(11-14)21-18(23)12-8-9-12/h3,5-6,11-13,16H,1-2,4,7-10,19H2,(H,20,22)(H,21,23). The van der Waals surface area contributed by atoms with Crippen molar-refractivity contribution in [3.8, 4) is 0 Å². The number of nitrogens with one attached hydrogen (secondary N) is 2. The molecule has 1 aromatic carbocycles. The average Bonchev–Trinajstić information content (AvgIpc) is 3.35. The van der Waals surface area contributed by atoms with Crippen LogP contribution in [0.2, 0.25) is 0 Å². The molecule has 5 nitrogen and oxygen atoms in total. The smallest absolute Gasteiger partial charge is 0.227 e. The van der Waals surface area contributed by atoms with Crippen LogP contribution in [0.4, 0.5) is 11.4 Å². The zero-order valence-electron chi connectivity index (χ0n) is 13.4. The molecular weight excluding hydrogens is 290 g/mol. The zero-order chi connectivity index (χ0) is 16.2. The van der Waals surface area contributed by atoms with Crippen LogP contribution in [0, 0.1) is 11.8 Å². The summed E-state index contributed by atoms with van der Waals surface area (Å²) in [5.74, 6) is 0.516. The summed E-state index contributed by atoms with van der Waals surface area (Å²) in [6, 6.07) is 7.46. The molecule has 0 saturated heterocycles. The highest BCUT2D eigenvalue weighted by Crippen LogP contribution is 2.30. The number of carbonyl (C=O) groups is 2. The Balaban J connectivity index is 1.54. The van der Waals surface area contributed by atoms with Gasteiger partial charge in [-0.3, -0.25) is 9.59 Å². The molecule has 0 aliphatic heterocycles. The molecule has 0 aromatic heterocycles. The van der Waals surface area contributed by atoms with E-state index in [2.05, 4.69) is 10.6 Å². The highest BCUT2D eigenvalue weighted by molar-refractivity contribution is 5.96. The molecule has 2 amide bonds. The van der Waals surface area contributed by atoms with E-state index in [0.29, 0.717) is 12.1 Å². The summed E-state index contributed by atoms with van der Waals surface area (Å²) in [6.07, 6.45) is 6.80. The van der Waals surface area contributed by atoms with E-state index in [0.717, 1.165) is 37.8 Å². The minimum Gasteiger partial charge on any atom is -0.327 e. The molecule has 0 radical (unpaired) electrons. The van der Waals surface area contributed by atoms with Gasteiger partial charge in [-0.2, -0.15) is 0 Å². The van der Waals surface area contributed by atoms with E-state index in [1.54, 1.807) is 6.07 Å². The lowest BCUT2D eigenvalue weighted by atomic mass is 9.83. The minimum atomic E-state index is -0.00183. The van der Waals surface area contributed by atoms with Gasteiger partial charge >= 0.3 is 0 Å². The quantitative estimate of drug-likeness (QED) is 0.781. The second-order valence-electron chi connectivity index (χ2n) is 6.81. The zero-order valence-corrected chi connectivity index (χ0v) is 13.4. The number of amides is 2. The number of nitrogens with two attached hydrogens (primary N) is 1. The van der Waals surface area contributed by atoms with E-state index in [1.165, 1.54) is 6.42 Å². The van der Waals surface area contributed by atoms with Gasteiger partial charge < -0.3 is 16.4 Å². The van der Waals surface area contributed by atoms with Gasteiger partial charge in [0.05, 0.1) is 0 Å². The first-order chi connectivity index (χ1) is 11.1. The van der Waals surface area contributed by atoms with Gasteiger partial charge in [0.25, 0.3) is 0 Å². The SMILES string of the molecule is NC1CCCCC1CC(=O)Nc1cccc(NC(=O)C2CC2)c1. The molecule has 1 aromatic rings. The third-order valence-corrected chi connectivity index (χ3v) is 4.78. The maximum Gasteiger partial charge on any atom is 0.227 e. The molecule has 2 atom stereocenters. The number of benzene rings is 1. The van der Waals surface area contributed by atoms with Gasteiger partial charge in [0, 0.05) is 29.8 Å². The van der Waals surface area contributed by atoms with Crippen LogP contribution in [-0.2, 0) is 9.59 Å². The lowest BCUT2D eigenvalue weighted by Crippen LogP contribution is -2.35. The minimum absolute atomic E-state index is 0.00183. The Bertz CT molecular complexity index is 583. The molecule has 23 heavy (non-hydrogen) atoms. The lowest BCUT2D eigenvalue weighted by Gasteiger charge is -2.27. The number of rotatable bonds is 5. The van der Waals surface area contributed by atoms with Crippen molar-refractivity contribution in [2.75, 3.05) is 10.6 Å². The van der Waals surface area contributed by atoms with Crippen molar-refractivity contribution in [3.63, 3.8) is 0 Å². The van der Waals surface area contributed by atoms with Crippen molar-refractivity contribution in [1.82, 2.24) is 0 Å². The lowest BCUT2D eigenvalue weighted by molar-refractivity contribution is -0.118. The molecule has 0 bridgehead atoms. The Morgan fingerprint density at radius 2 is 1.74 bits per heavy atom. The third-order valence-electron chi connectivity index (χ3n) is 4.78. The van der Waals surface area contributed by atoms with E-state index in [-0.39, 0.29) is 29.7 Å². The van der Waals surface area contributed by atoms with Crippen LogP contribution in [0.25, 0.3) is 0 Å². The van der Waals surface area contributed by atoms with Crippen molar-refractivity contribution in [1.29, 1.82) is 0 Å². The van der Waals surface area contributed by atoms with Crippen molar-refractivity contribution in [2.45, 2.75) is 51.0 Å². The topological polar surface area (TPSA) is 84.2 Å². The van der Waals surface area contributed by atoms with Gasteiger partial charge in [0.15, 0.2) is 0 Å². The molecule has 2 aliphatic carbocycles. The monoisotopic (exact) mass is 315 g/mol. The molecule has 4 N–H and O–H groups in total.